The SMILES string of the molecule is CCc1ccc(NCCC(=O)c2ccc3c(c2)Cc2ccccc2-3)cc1. The first kappa shape index (κ1) is 16.6. The van der Waals surface area contributed by atoms with Crippen molar-refractivity contribution in [2.45, 2.75) is 26.2 Å². The summed E-state index contributed by atoms with van der Waals surface area (Å²) in [5, 5.41) is 3.34. The summed E-state index contributed by atoms with van der Waals surface area (Å²) >= 11 is 0. The Hall–Kier alpha value is -2.87. The quantitative estimate of drug-likeness (QED) is 0.469. The largest absolute Gasteiger partial charge is 0.385 e. The number of carbonyl (C=O) groups is 1. The molecule has 0 spiro atoms. The lowest BCUT2D eigenvalue weighted by Crippen LogP contribution is -2.09. The average Bonchev–Trinajstić information content (AvgIpc) is 3.06. The van der Waals surface area contributed by atoms with Crippen LogP contribution >= 0.6 is 0 Å². The summed E-state index contributed by atoms with van der Waals surface area (Å²) in [4.78, 5) is 12.6. The Labute approximate surface area is 154 Å². The van der Waals surface area contributed by atoms with Gasteiger partial charge in [0, 0.05) is 24.2 Å². The van der Waals surface area contributed by atoms with Gasteiger partial charge in [0.2, 0.25) is 0 Å². The van der Waals surface area contributed by atoms with E-state index in [1.54, 1.807) is 0 Å². The molecule has 0 heterocycles. The van der Waals surface area contributed by atoms with Crippen LogP contribution in [0.1, 0.15) is 40.4 Å². The van der Waals surface area contributed by atoms with Crippen molar-refractivity contribution in [3.63, 3.8) is 0 Å². The molecule has 1 aliphatic rings. The maximum Gasteiger partial charge on any atom is 0.164 e. The third-order valence-corrected chi connectivity index (χ3v) is 5.16. The molecule has 0 atom stereocenters. The van der Waals surface area contributed by atoms with Crippen LogP contribution in [0.2, 0.25) is 0 Å². The van der Waals surface area contributed by atoms with Gasteiger partial charge in [0.15, 0.2) is 5.78 Å². The molecule has 1 N–H and O–H groups in total. The number of ketones is 1. The van der Waals surface area contributed by atoms with Gasteiger partial charge in [-0.05, 0) is 58.9 Å². The summed E-state index contributed by atoms with van der Waals surface area (Å²) in [6.45, 7) is 2.80. The molecule has 0 aliphatic heterocycles. The van der Waals surface area contributed by atoms with E-state index in [4.69, 9.17) is 0 Å². The van der Waals surface area contributed by atoms with E-state index >= 15 is 0 Å². The number of nitrogens with one attached hydrogen (secondary N) is 1. The van der Waals surface area contributed by atoms with Crippen LogP contribution in [0.25, 0.3) is 11.1 Å². The van der Waals surface area contributed by atoms with Gasteiger partial charge in [0.25, 0.3) is 0 Å². The Kier molecular flexibility index (Phi) is 4.57. The lowest BCUT2D eigenvalue weighted by Gasteiger charge is -2.08. The fraction of sp³-hybridized carbons (Fsp3) is 0.208. The predicted octanol–water partition coefficient (Wildman–Crippen LogP) is 5.51. The minimum Gasteiger partial charge on any atom is -0.385 e. The smallest absolute Gasteiger partial charge is 0.164 e. The summed E-state index contributed by atoms with van der Waals surface area (Å²) in [6.07, 6.45) is 2.47. The molecule has 2 heteroatoms. The molecular formula is C24H23NO. The van der Waals surface area contributed by atoms with E-state index in [9.17, 15) is 4.79 Å². The molecular weight excluding hydrogens is 318 g/mol. The van der Waals surface area contributed by atoms with Crippen LogP contribution in [-0.2, 0) is 12.8 Å². The number of Topliss-reactive ketones (excluding diaryl/α,β-unsaturated/α-hetero) is 1. The fourth-order valence-electron chi connectivity index (χ4n) is 3.64. The minimum absolute atomic E-state index is 0.196. The molecule has 0 unspecified atom stereocenters. The summed E-state index contributed by atoms with van der Waals surface area (Å²) in [5.41, 5.74) is 8.40. The van der Waals surface area contributed by atoms with Crippen LogP contribution in [0.15, 0.2) is 66.7 Å². The second-order valence-corrected chi connectivity index (χ2v) is 6.86. The minimum atomic E-state index is 0.196. The number of hydrogen-bond acceptors (Lipinski definition) is 2. The number of anilines is 1. The highest BCUT2D eigenvalue weighted by Gasteiger charge is 2.19. The third-order valence-electron chi connectivity index (χ3n) is 5.16. The number of carbonyl (C=O) groups excluding carboxylic acids is 1. The normalized spacial score (nSPS) is 11.7. The molecule has 2 nitrogen and oxygen atoms in total. The lowest BCUT2D eigenvalue weighted by atomic mass is 10.0. The molecule has 3 aromatic rings. The number of rotatable bonds is 6. The monoisotopic (exact) mass is 341 g/mol. The van der Waals surface area contributed by atoms with Crippen LogP contribution < -0.4 is 5.32 Å². The Morgan fingerprint density at radius 2 is 1.69 bits per heavy atom. The predicted molar refractivity (Wildman–Crippen MR) is 108 cm³/mol. The molecule has 0 saturated heterocycles. The molecule has 4 rings (SSSR count). The van der Waals surface area contributed by atoms with E-state index in [2.05, 4.69) is 72.9 Å². The first-order valence-electron chi connectivity index (χ1n) is 9.32. The van der Waals surface area contributed by atoms with Crippen molar-refractivity contribution in [2.75, 3.05) is 11.9 Å². The number of fused-ring (bicyclic) bond motifs is 3. The van der Waals surface area contributed by atoms with Crippen LogP contribution in [-0.4, -0.2) is 12.3 Å². The Balaban J connectivity index is 1.39. The van der Waals surface area contributed by atoms with Gasteiger partial charge in [-0.2, -0.15) is 0 Å². The molecule has 0 radical (unpaired) electrons. The second kappa shape index (κ2) is 7.17. The maximum atomic E-state index is 12.6. The van der Waals surface area contributed by atoms with Gasteiger partial charge in [-0.15, -0.1) is 0 Å². The van der Waals surface area contributed by atoms with E-state index < -0.39 is 0 Å². The number of aryl methyl sites for hydroxylation is 1. The molecule has 0 amide bonds. The highest BCUT2D eigenvalue weighted by molar-refractivity contribution is 5.97. The zero-order valence-corrected chi connectivity index (χ0v) is 15.1. The van der Waals surface area contributed by atoms with Gasteiger partial charge >= 0.3 is 0 Å². The fourth-order valence-corrected chi connectivity index (χ4v) is 3.64. The van der Waals surface area contributed by atoms with Crippen molar-refractivity contribution in [3.05, 3.63) is 89.0 Å². The Bertz CT molecular complexity index is 941. The van der Waals surface area contributed by atoms with Crippen LogP contribution in [0.3, 0.4) is 0 Å². The summed E-state index contributed by atoms with van der Waals surface area (Å²) in [6, 6.07) is 23.1. The average molecular weight is 341 g/mol. The van der Waals surface area contributed by atoms with E-state index in [-0.39, 0.29) is 5.78 Å². The van der Waals surface area contributed by atoms with Gasteiger partial charge in [0.05, 0.1) is 0 Å². The zero-order valence-electron chi connectivity index (χ0n) is 15.1. The highest BCUT2D eigenvalue weighted by Crippen LogP contribution is 2.36. The molecule has 0 bridgehead atoms. The highest BCUT2D eigenvalue weighted by atomic mass is 16.1. The van der Waals surface area contributed by atoms with E-state index in [1.165, 1.54) is 27.8 Å². The van der Waals surface area contributed by atoms with Crippen molar-refractivity contribution in [1.29, 1.82) is 0 Å². The van der Waals surface area contributed by atoms with Gasteiger partial charge in [-0.3, -0.25) is 4.79 Å². The zero-order chi connectivity index (χ0) is 17.9. The Morgan fingerprint density at radius 1 is 0.923 bits per heavy atom. The third kappa shape index (κ3) is 3.28. The first-order valence-corrected chi connectivity index (χ1v) is 9.32. The van der Waals surface area contributed by atoms with Crippen molar-refractivity contribution in [1.82, 2.24) is 0 Å². The van der Waals surface area contributed by atoms with Crippen molar-refractivity contribution < 1.29 is 4.79 Å². The summed E-state index contributed by atoms with van der Waals surface area (Å²) in [7, 11) is 0. The van der Waals surface area contributed by atoms with Gasteiger partial charge in [-0.25, -0.2) is 0 Å². The molecule has 26 heavy (non-hydrogen) atoms. The van der Waals surface area contributed by atoms with Gasteiger partial charge < -0.3 is 5.32 Å². The second-order valence-electron chi connectivity index (χ2n) is 6.86. The van der Waals surface area contributed by atoms with Crippen molar-refractivity contribution in [2.24, 2.45) is 0 Å². The Morgan fingerprint density at radius 3 is 2.50 bits per heavy atom. The molecule has 0 fully saturated rings. The first-order chi connectivity index (χ1) is 12.7. The van der Waals surface area contributed by atoms with Crippen LogP contribution in [0.4, 0.5) is 5.69 Å². The number of hydrogen-bond donors (Lipinski definition) is 1. The van der Waals surface area contributed by atoms with E-state index in [0.717, 1.165) is 24.1 Å². The topological polar surface area (TPSA) is 29.1 Å². The van der Waals surface area contributed by atoms with E-state index in [0.29, 0.717) is 13.0 Å². The molecule has 0 saturated carbocycles. The maximum absolute atomic E-state index is 12.6. The standard InChI is InChI=1S/C24H23NO/c1-2-17-7-10-21(11-8-17)25-14-13-24(26)19-9-12-23-20(16-19)15-18-5-3-4-6-22(18)23/h3-12,16,25H,2,13-15H2,1H3. The summed E-state index contributed by atoms with van der Waals surface area (Å²) < 4.78 is 0. The van der Waals surface area contributed by atoms with Crippen LogP contribution in [0, 0.1) is 0 Å². The van der Waals surface area contributed by atoms with Crippen LogP contribution in [0.5, 0.6) is 0 Å². The molecule has 1 aliphatic carbocycles. The lowest BCUT2D eigenvalue weighted by molar-refractivity contribution is 0.0986. The molecule has 130 valence electrons. The van der Waals surface area contributed by atoms with Crippen molar-refractivity contribution >= 4 is 11.5 Å². The summed E-state index contributed by atoms with van der Waals surface area (Å²) in [5.74, 6) is 0.196. The van der Waals surface area contributed by atoms with E-state index in [1.807, 2.05) is 6.07 Å². The van der Waals surface area contributed by atoms with Gasteiger partial charge in [-0.1, -0.05) is 55.5 Å². The van der Waals surface area contributed by atoms with Crippen molar-refractivity contribution in [3.8, 4) is 11.1 Å². The number of benzene rings is 3. The molecule has 3 aromatic carbocycles. The molecule has 0 aromatic heterocycles. The van der Waals surface area contributed by atoms with Gasteiger partial charge in [0.1, 0.15) is 0 Å².